The van der Waals surface area contributed by atoms with E-state index in [0.717, 1.165) is 25.7 Å². The Morgan fingerprint density at radius 3 is 2.37 bits per heavy atom. The molecule has 1 aromatic carbocycles. The van der Waals surface area contributed by atoms with Crippen LogP contribution in [0.2, 0.25) is 0 Å². The van der Waals surface area contributed by atoms with E-state index < -0.39 is 12.1 Å². The minimum absolute atomic E-state index is 0.0477. The summed E-state index contributed by atoms with van der Waals surface area (Å²) in [5.41, 5.74) is 3.07. The Balaban J connectivity index is 1.64. The number of pyridine rings is 1. The van der Waals surface area contributed by atoms with Gasteiger partial charge in [0.25, 0.3) is 0 Å². The smallest absolute Gasteiger partial charge is 0.246 e. The van der Waals surface area contributed by atoms with Gasteiger partial charge in [-0.2, -0.15) is 0 Å². The van der Waals surface area contributed by atoms with Gasteiger partial charge < -0.3 is 15.3 Å². The van der Waals surface area contributed by atoms with Crippen molar-refractivity contribution in [1.29, 1.82) is 0 Å². The highest BCUT2D eigenvalue weighted by Gasteiger charge is 2.47. The van der Waals surface area contributed by atoms with E-state index in [1.54, 1.807) is 17.0 Å². The van der Waals surface area contributed by atoms with Gasteiger partial charge in [-0.1, -0.05) is 57.0 Å². The van der Waals surface area contributed by atoms with Crippen molar-refractivity contribution in [3.8, 4) is 5.88 Å². The van der Waals surface area contributed by atoms with Gasteiger partial charge in [0.15, 0.2) is 0 Å². The van der Waals surface area contributed by atoms with E-state index in [0.29, 0.717) is 5.56 Å². The normalized spacial score (nSPS) is 21.8. The van der Waals surface area contributed by atoms with Gasteiger partial charge in [-0.25, -0.2) is 4.98 Å². The average molecular weight is 408 g/mol. The SMILES string of the molecule is CCC(CC)[C@@H]1C(=O)N[C@H](C2Cc3ccccc3C2)C(=O)N1Cc1cccnc1O. The highest BCUT2D eigenvalue weighted by molar-refractivity contribution is 5.97. The first-order valence-corrected chi connectivity index (χ1v) is 10.8. The summed E-state index contributed by atoms with van der Waals surface area (Å²) < 4.78 is 0. The molecule has 2 heterocycles. The molecule has 0 unspecified atom stereocenters. The predicted molar refractivity (Wildman–Crippen MR) is 114 cm³/mol. The molecule has 2 N–H and O–H groups in total. The third-order valence-corrected chi connectivity index (χ3v) is 6.71. The number of nitrogens with one attached hydrogen (secondary N) is 1. The fourth-order valence-corrected chi connectivity index (χ4v) is 5.02. The molecule has 1 aliphatic carbocycles. The van der Waals surface area contributed by atoms with Crippen molar-refractivity contribution in [1.82, 2.24) is 15.2 Å². The van der Waals surface area contributed by atoms with E-state index in [1.807, 2.05) is 26.0 Å². The van der Waals surface area contributed by atoms with Gasteiger partial charge in [-0.05, 0) is 41.9 Å². The molecule has 1 fully saturated rings. The second-order valence-electron chi connectivity index (χ2n) is 8.40. The maximum atomic E-state index is 13.7. The molecule has 30 heavy (non-hydrogen) atoms. The van der Waals surface area contributed by atoms with Crippen molar-refractivity contribution in [2.45, 2.75) is 58.2 Å². The topological polar surface area (TPSA) is 82.5 Å². The van der Waals surface area contributed by atoms with Gasteiger partial charge in [0, 0.05) is 11.8 Å². The van der Waals surface area contributed by atoms with Gasteiger partial charge in [0.1, 0.15) is 12.1 Å². The molecule has 6 heteroatoms. The molecule has 6 nitrogen and oxygen atoms in total. The first-order chi connectivity index (χ1) is 14.5. The fourth-order valence-electron chi connectivity index (χ4n) is 5.02. The maximum absolute atomic E-state index is 13.7. The third-order valence-electron chi connectivity index (χ3n) is 6.71. The summed E-state index contributed by atoms with van der Waals surface area (Å²) in [6, 6.07) is 10.6. The number of benzene rings is 1. The summed E-state index contributed by atoms with van der Waals surface area (Å²) >= 11 is 0. The van der Waals surface area contributed by atoms with Crippen molar-refractivity contribution < 1.29 is 14.7 Å². The lowest BCUT2D eigenvalue weighted by Crippen LogP contribution is -2.66. The van der Waals surface area contributed by atoms with E-state index >= 15 is 0 Å². The highest BCUT2D eigenvalue weighted by atomic mass is 16.3. The number of carbonyl (C=O) groups excluding carboxylic acids is 2. The lowest BCUT2D eigenvalue weighted by Gasteiger charge is -2.43. The molecular formula is C24H29N3O3. The van der Waals surface area contributed by atoms with Crippen LogP contribution in [0.3, 0.4) is 0 Å². The number of aromatic nitrogens is 1. The van der Waals surface area contributed by atoms with Crippen molar-refractivity contribution in [3.05, 3.63) is 59.3 Å². The van der Waals surface area contributed by atoms with Gasteiger partial charge in [-0.15, -0.1) is 0 Å². The van der Waals surface area contributed by atoms with Crippen LogP contribution in [0, 0.1) is 11.8 Å². The Labute approximate surface area is 177 Å². The number of aromatic hydroxyl groups is 1. The van der Waals surface area contributed by atoms with Crippen molar-refractivity contribution in [2.24, 2.45) is 11.8 Å². The summed E-state index contributed by atoms with van der Waals surface area (Å²) in [6.45, 7) is 4.28. The summed E-state index contributed by atoms with van der Waals surface area (Å²) in [4.78, 5) is 32.5. The Morgan fingerprint density at radius 1 is 1.10 bits per heavy atom. The predicted octanol–water partition coefficient (Wildman–Crippen LogP) is 2.83. The molecule has 0 saturated carbocycles. The Morgan fingerprint density at radius 2 is 1.77 bits per heavy atom. The van der Waals surface area contributed by atoms with Gasteiger partial charge in [0.2, 0.25) is 17.7 Å². The van der Waals surface area contributed by atoms with Crippen LogP contribution in [0.5, 0.6) is 5.88 Å². The molecule has 2 amide bonds. The van der Waals surface area contributed by atoms with Crippen LogP contribution in [-0.2, 0) is 29.0 Å². The summed E-state index contributed by atoms with van der Waals surface area (Å²) in [6.07, 6.45) is 4.69. The van der Waals surface area contributed by atoms with Crippen molar-refractivity contribution in [3.63, 3.8) is 0 Å². The Bertz CT molecular complexity index is 916. The average Bonchev–Trinajstić information content (AvgIpc) is 3.18. The molecule has 1 saturated heterocycles. The van der Waals surface area contributed by atoms with Crippen LogP contribution in [0.15, 0.2) is 42.6 Å². The number of nitrogens with zero attached hydrogens (tertiary/aromatic N) is 2. The number of hydrogen-bond acceptors (Lipinski definition) is 4. The van der Waals surface area contributed by atoms with Crippen LogP contribution < -0.4 is 5.32 Å². The van der Waals surface area contributed by atoms with E-state index in [1.165, 1.54) is 17.3 Å². The quantitative estimate of drug-likeness (QED) is 0.771. The highest BCUT2D eigenvalue weighted by Crippen LogP contribution is 2.33. The minimum Gasteiger partial charge on any atom is -0.493 e. The Kier molecular flexibility index (Phi) is 5.75. The van der Waals surface area contributed by atoms with E-state index in [-0.39, 0.29) is 36.1 Å². The third kappa shape index (κ3) is 3.66. The summed E-state index contributed by atoms with van der Waals surface area (Å²) in [7, 11) is 0. The lowest BCUT2D eigenvalue weighted by atomic mass is 9.86. The first-order valence-electron chi connectivity index (χ1n) is 10.8. The number of piperazine rings is 1. The standard InChI is InChI=1S/C24H29N3O3/c1-3-15(4-2)21-23(29)26-20(19-12-16-8-5-6-9-17(16)13-19)24(30)27(21)14-18-10-7-11-25-22(18)28/h5-11,15,19-21H,3-4,12-14H2,1-2H3,(H,25,28)(H,26,29)/t20-,21-/m1/s1. The second kappa shape index (κ2) is 8.46. The summed E-state index contributed by atoms with van der Waals surface area (Å²) in [5.74, 6) is -0.134. The molecule has 4 rings (SSSR count). The molecule has 158 valence electrons. The molecule has 2 atom stereocenters. The molecule has 0 spiro atoms. The van der Waals surface area contributed by atoms with Crippen LogP contribution in [0.1, 0.15) is 43.4 Å². The molecule has 0 radical (unpaired) electrons. The zero-order chi connectivity index (χ0) is 21.3. The zero-order valence-electron chi connectivity index (χ0n) is 17.5. The number of carbonyl (C=O) groups is 2. The van der Waals surface area contributed by atoms with Gasteiger partial charge >= 0.3 is 0 Å². The lowest BCUT2D eigenvalue weighted by molar-refractivity contribution is -0.154. The van der Waals surface area contributed by atoms with E-state index in [4.69, 9.17) is 0 Å². The van der Waals surface area contributed by atoms with Crippen molar-refractivity contribution >= 4 is 11.8 Å². The summed E-state index contributed by atoms with van der Waals surface area (Å²) in [5, 5.41) is 13.2. The first kappa shape index (κ1) is 20.4. The van der Waals surface area contributed by atoms with Gasteiger partial charge in [-0.3, -0.25) is 9.59 Å². The molecule has 1 aliphatic heterocycles. The number of fused-ring (bicyclic) bond motifs is 1. The largest absolute Gasteiger partial charge is 0.493 e. The molecule has 1 aromatic heterocycles. The van der Waals surface area contributed by atoms with Gasteiger partial charge in [0.05, 0.1) is 6.54 Å². The number of hydrogen-bond donors (Lipinski definition) is 2. The number of rotatable bonds is 6. The van der Waals surface area contributed by atoms with E-state index in [9.17, 15) is 14.7 Å². The van der Waals surface area contributed by atoms with E-state index in [2.05, 4.69) is 22.4 Å². The Hall–Kier alpha value is -2.89. The maximum Gasteiger partial charge on any atom is 0.246 e. The van der Waals surface area contributed by atoms with Crippen LogP contribution in [-0.4, -0.2) is 38.9 Å². The molecule has 0 bridgehead atoms. The van der Waals surface area contributed by atoms with Crippen LogP contribution in [0.25, 0.3) is 0 Å². The fraction of sp³-hybridized carbons (Fsp3) is 0.458. The molecule has 2 aliphatic rings. The monoisotopic (exact) mass is 407 g/mol. The molecule has 2 aromatic rings. The second-order valence-corrected chi connectivity index (χ2v) is 8.40. The van der Waals surface area contributed by atoms with Crippen molar-refractivity contribution in [2.75, 3.05) is 0 Å². The zero-order valence-corrected chi connectivity index (χ0v) is 17.5. The van der Waals surface area contributed by atoms with Crippen LogP contribution >= 0.6 is 0 Å². The number of amides is 2. The molecular weight excluding hydrogens is 378 g/mol. The minimum atomic E-state index is -0.547. The van der Waals surface area contributed by atoms with Crippen LogP contribution in [0.4, 0.5) is 0 Å².